The van der Waals surface area contributed by atoms with Gasteiger partial charge in [0.05, 0.1) is 11.7 Å². The normalized spacial score (nSPS) is 13.5. The van der Waals surface area contributed by atoms with E-state index in [4.69, 9.17) is 0 Å². The second kappa shape index (κ2) is 5.64. The molecule has 2 aromatic rings. The third kappa shape index (κ3) is 3.81. The maximum Gasteiger partial charge on any atom is 0.416 e. The van der Waals surface area contributed by atoms with E-state index in [9.17, 15) is 18.3 Å². The van der Waals surface area contributed by atoms with Crippen LogP contribution < -0.4 is 0 Å². The fraction of sp³-hybridized carbons (Fsp3) is 0.231. The average Bonchev–Trinajstić information content (AvgIpc) is 2.74. The lowest BCUT2D eigenvalue weighted by atomic mass is 10.0. The van der Waals surface area contributed by atoms with E-state index in [-0.39, 0.29) is 0 Å². The highest BCUT2D eigenvalue weighted by Crippen LogP contribution is 2.31. The molecule has 0 saturated carbocycles. The number of hydrogen-bond donors (Lipinski definition) is 1. The van der Waals surface area contributed by atoms with Crippen LogP contribution in [0.3, 0.4) is 0 Å². The molecule has 0 aliphatic heterocycles. The van der Waals surface area contributed by atoms with E-state index in [1.165, 1.54) is 23.5 Å². The molecule has 0 amide bonds. The van der Waals surface area contributed by atoms with Crippen molar-refractivity contribution < 1.29 is 18.3 Å². The SMILES string of the molecule is OC(Cc1cc(Br)cs1)c1ccc(C(F)(F)F)cc1. The summed E-state index contributed by atoms with van der Waals surface area (Å²) in [7, 11) is 0. The molecule has 1 aromatic carbocycles. The van der Waals surface area contributed by atoms with Gasteiger partial charge in [0.2, 0.25) is 0 Å². The first kappa shape index (κ1) is 14.6. The van der Waals surface area contributed by atoms with Crippen molar-refractivity contribution >= 4 is 27.3 Å². The highest BCUT2D eigenvalue weighted by Gasteiger charge is 2.30. The number of thiophene rings is 1. The quantitative estimate of drug-likeness (QED) is 0.842. The van der Waals surface area contributed by atoms with Crippen molar-refractivity contribution in [3.63, 3.8) is 0 Å². The summed E-state index contributed by atoms with van der Waals surface area (Å²) < 4.78 is 38.1. The molecule has 0 aliphatic rings. The summed E-state index contributed by atoms with van der Waals surface area (Å²) in [5.74, 6) is 0. The van der Waals surface area contributed by atoms with Gasteiger partial charge in [-0.1, -0.05) is 12.1 Å². The zero-order valence-electron chi connectivity index (χ0n) is 9.62. The van der Waals surface area contributed by atoms with Gasteiger partial charge in [-0.15, -0.1) is 11.3 Å². The molecule has 1 unspecified atom stereocenters. The molecule has 1 heterocycles. The first-order valence-corrected chi connectivity index (χ1v) is 7.11. The van der Waals surface area contributed by atoms with Crippen LogP contribution in [0.5, 0.6) is 0 Å². The Hall–Kier alpha value is -0.850. The number of aliphatic hydroxyl groups excluding tert-OH is 1. The molecule has 1 atom stereocenters. The van der Waals surface area contributed by atoms with Crippen LogP contribution in [-0.4, -0.2) is 5.11 Å². The van der Waals surface area contributed by atoms with Gasteiger partial charge in [-0.2, -0.15) is 13.2 Å². The minimum atomic E-state index is -4.35. The van der Waals surface area contributed by atoms with Gasteiger partial charge in [0.25, 0.3) is 0 Å². The van der Waals surface area contributed by atoms with Crippen LogP contribution in [0.25, 0.3) is 0 Å². The van der Waals surface area contributed by atoms with Crippen molar-refractivity contribution in [3.8, 4) is 0 Å². The molecule has 1 aromatic heterocycles. The van der Waals surface area contributed by atoms with Gasteiger partial charge in [-0.05, 0) is 39.7 Å². The first-order chi connectivity index (χ1) is 8.86. The van der Waals surface area contributed by atoms with Gasteiger partial charge in [0, 0.05) is 21.2 Å². The summed E-state index contributed by atoms with van der Waals surface area (Å²) in [6, 6.07) is 6.50. The molecule has 0 aliphatic carbocycles. The van der Waals surface area contributed by atoms with E-state index < -0.39 is 17.8 Å². The van der Waals surface area contributed by atoms with E-state index >= 15 is 0 Å². The Balaban J connectivity index is 2.09. The van der Waals surface area contributed by atoms with Gasteiger partial charge in [0.1, 0.15) is 0 Å². The minimum Gasteiger partial charge on any atom is -0.388 e. The fourth-order valence-electron chi connectivity index (χ4n) is 1.66. The van der Waals surface area contributed by atoms with Crippen LogP contribution in [-0.2, 0) is 12.6 Å². The van der Waals surface area contributed by atoms with Gasteiger partial charge in [0.15, 0.2) is 0 Å². The molecule has 0 bridgehead atoms. The van der Waals surface area contributed by atoms with Crippen molar-refractivity contribution in [1.29, 1.82) is 0 Å². The number of halogens is 4. The summed E-state index contributed by atoms with van der Waals surface area (Å²) in [6.45, 7) is 0. The molecule has 6 heteroatoms. The summed E-state index contributed by atoms with van der Waals surface area (Å²) in [5, 5.41) is 11.9. The molecule has 1 nitrogen and oxygen atoms in total. The number of alkyl halides is 3. The van der Waals surface area contributed by atoms with Crippen LogP contribution in [0, 0.1) is 0 Å². The van der Waals surface area contributed by atoms with Gasteiger partial charge >= 0.3 is 6.18 Å². The Morgan fingerprint density at radius 1 is 1.21 bits per heavy atom. The standard InChI is InChI=1S/C13H10BrF3OS/c14-10-5-11(19-7-10)6-12(18)8-1-3-9(4-2-8)13(15,16)17/h1-5,7,12,18H,6H2. The molecule has 19 heavy (non-hydrogen) atoms. The lowest BCUT2D eigenvalue weighted by Gasteiger charge is -2.12. The number of hydrogen-bond acceptors (Lipinski definition) is 2. The maximum absolute atomic E-state index is 12.4. The van der Waals surface area contributed by atoms with Crippen LogP contribution in [0.2, 0.25) is 0 Å². The Morgan fingerprint density at radius 3 is 2.32 bits per heavy atom. The Bertz CT molecular complexity index is 548. The number of rotatable bonds is 3. The predicted octanol–water partition coefficient (Wildman–Crippen LogP) is 4.81. The molecule has 0 spiro atoms. The zero-order valence-corrected chi connectivity index (χ0v) is 12.0. The smallest absolute Gasteiger partial charge is 0.388 e. The van der Waals surface area contributed by atoms with Crippen molar-refractivity contribution in [2.45, 2.75) is 18.7 Å². The molecule has 2 rings (SSSR count). The molecular formula is C13H10BrF3OS. The van der Waals surface area contributed by atoms with E-state index in [0.717, 1.165) is 21.5 Å². The van der Waals surface area contributed by atoms with Gasteiger partial charge in [-0.25, -0.2) is 0 Å². The molecule has 1 N–H and O–H groups in total. The molecule has 0 fully saturated rings. The van der Waals surface area contributed by atoms with E-state index in [0.29, 0.717) is 12.0 Å². The Kier molecular flexibility index (Phi) is 4.32. The largest absolute Gasteiger partial charge is 0.416 e. The van der Waals surface area contributed by atoms with Crippen LogP contribution in [0.4, 0.5) is 13.2 Å². The number of aliphatic hydroxyl groups is 1. The fourth-order valence-corrected chi connectivity index (χ4v) is 3.15. The molecule has 0 saturated heterocycles. The minimum absolute atomic E-state index is 0.391. The van der Waals surface area contributed by atoms with Crippen molar-refractivity contribution in [3.05, 3.63) is 56.2 Å². The molecule has 0 radical (unpaired) electrons. The van der Waals surface area contributed by atoms with Crippen molar-refractivity contribution in [2.75, 3.05) is 0 Å². The molecule has 102 valence electrons. The lowest BCUT2D eigenvalue weighted by molar-refractivity contribution is -0.137. The van der Waals surface area contributed by atoms with Crippen LogP contribution >= 0.6 is 27.3 Å². The zero-order chi connectivity index (χ0) is 14.0. The highest BCUT2D eigenvalue weighted by molar-refractivity contribution is 9.10. The number of benzene rings is 1. The maximum atomic E-state index is 12.4. The van der Waals surface area contributed by atoms with E-state index in [1.54, 1.807) is 0 Å². The first-order valence-electron chi connectivity index (χ1n) is 5.44. The second-order valence-corrected chi connectivity index (χ2v) is 5.98. The monoisotopic (exact) mass is 350 g/mol. The van der Waals surface area contributed by atoms with Crippen molar-refractivity contribution in [1.82, 2.24) is 0 Å². The topological polar surface area (TPSA) is 20.2 Å². The highest BCUT2D eigenvalue weighted by atomic mass is 79.9. The lowest BCUT2D eigenvalue weighted by Crippen LogP contribution is -2.06. The average molecular weight is 351 g/mol. The summed E-state index contributed by atoms with van der Waals surface area (Å²) >= 11 is 4.81. The van der Waals surface area contributed by atoms with E-state index in [2.05, 4.69) is 15.9 Å². The van der Waals surface area contributed by atoms with E-state index in [1.807, 2.05) is 11.4 Å². The second-order valence-electron chi connectivity index (χ2n) is 4.07. The van der Waals surface area contributed by atoms with Crippen LogP contribution in [0.1, 0.15) is 22.1 Å². The third-order valence-corrected chi connectivity index (χ3v) is 4.36. The molecular weight excluding hydrogens is 341 g/mol. The van der Waals surface area contributed by atoms with Gasteiger partial charge < -0.3 is 5.11 Å². The van der Waals surface area contributed by atoms with Gasteiger partial charge in [-0.3, -0.25) is 0 Å². The van der Waals surface area contributed by atoms with Crippen LogP contribution in [0.15, 0.2) is 40.2 Å². The van der Waals surface area contributed by atoms with Crippen molar-refractivity contribution in [2.24, 2.45) is 0 Å². The summed E-state index contributed by atoms with van der Waals surface area (Å²) in [5.41, 5.74) is -0.222. The summed E-state index contributed by atoms with van der Waals surface area (Å²) in [6.07, 6.45) is -4.75. The summed E-state index contributed by atoms with van der Waals surface area (Å²) in [4.78, 5) is 0.972. The third-order valence-electron chi connectivity index (χ3n) is 2.64. The Labute approximate surface area is 120 Å². The predicted molar refractivity (Wildman–Crippen MR) is 72.1 cm³/mol. The Morgan fingerprint density at radius 2 is 1.84 bits per heavy atom.